The van der Waals surface area contributed by atoms with Crippen LogP contribution in [0.2, 0.25) is 0 Å². The summed E-state index contributed by atoms with van der Waals surface area (Å²) in [6, 6.07) is 157. The predicted octanol–water partition coefficient (Wildman–Crippen LogP) is 40.9. The maximum atomic E-state index is 6.01. The van der Waals surface area contributed by atoms with Gasteiger partial charge in [0.1, 0.15) is 22.3 Å². The molecule has 0 radical (unpaired) electrons. The summed E-state index contributed by atoms with van der Waals surface area (Å²) in [6.45, 7) is 40.7. The van der Waals surface area contributed by atoms with Gasteiger partial charge in [-0.1, -0.05) is 379 Å². The topological polar surface area (TPSA) is 44.3 Å². The third-order valence-electron chi connectivity index (χ3n) is 28.5. The molecular weight excluding hydrogens is 1810 g/mol. The Bertz CT molecular complexity index is 8970. The van der Waals surface area contributed by atoms with Gasteiger partial charge in [-0.15, -0.1) is 22.7 Å². The molecule has 0 bridgehead atoms. The van der Waals surface area contributed by atoms with Gasteiger partial charge in [0, 0.05) is 134 Å². The normalized spacial score (nSPS) is 12.2. The van der Waals surface area contributed by atoms with Crippen LogP contribution in [0.4, 0.5) is 17.1 Å². The van der Waals surface area contributed by atoms with E-state index in [1.54, 1.807) is 0 Å². The number of aromatic nitrogens is 3. The van der Waals surface area contributed by atoms with Gasteiger partial charge in [-0.05, 0) is 253 Å². The minimum Gasteiger partial charge on any atom is -0.456 e. The number of hydrogen-bond donors (Lipinski definition) is 0. The highest BCUT2D eigenvalue weighted by Gasteiger charge is 2.28. The van der Waals surface area contributed by atoms with Crippen LogP contribution in [0, 0.1) is 0 Å². The van der Waals surface area contributed by atoms with E-state index in [4.69, 9.17) is 8.83 Å². The van der Waals surface area contributed by atoms with Gasteiger partial charge in [-0.25, -0.2) is 0 Å². The molecule has 19 aromatic carbocycles. The quantitative estimate of drug-likeness (QED) is 0.160. The van der Waals surface area contributed by atoms with Gasteiger partial charge in [0.15, 0.2) is 0 Å². The molecule has 0 aliphatic rings. The van der Waals surface area contributed by atoms with Gasteiger partial charge in [0.25, 0.3) is 0 Å². The van der Waals surface area contributed by atoms with Gasteiger partial charge in [-0.3, -0.25) is 0 Å². The molecule has 722 valence electrons. The van der Waals surface area contributed by atoms with E-state index >= 15 is 0 Å². The van der Waals surface area contributed by atoms with Crippen molar-refractivity contribution in [1.82, 2.24) is 13.7 Å². The fourth-order valence-corrected chi connectivity index (χ4v) is 23.2. The third kappa shape index (κ3) is 19.1. The minimum atomic E-state index is 0.0744. The lowest BCUT2D eigenvalue weighted by molar-refractivity contribution is 0.573. The molecule has 0 spiro atoms. The van der Waals surface area contributed by atoms with Crippen molar-refractivity contribution in [3.63, 3.8) is 0 Å². The molecule has 7 aromatic heterocycles. The van der Waals surface area contributed by atoms with Crippen LogP contribution in [0.15, 0.2) is 446 Å². The summed E-state index contributed by atoms with van der Waals surface area (Å²) < 4.78 is 24.6. The van der Waals surface area contributed by atoms with E-state index in [1.807, 2.05) is 46.9 Å². The number of rotatable bonds is 7. The highest BCUT2D eigenvalue weighted by molar-refractivity contribution is 7.26. The van der Waals surface area contributed by atoms with Crippen LogP contribution in [0.3, 0.4) is 0 Å². The van der Waals surface area contributed by atoms with E-state index in [-0.39, 0.29) is 32.5 Å². The first-order chi connectivity index (χ1) is 70.2. The van der Waals surface area contributed by atoms with E-state index < -0.39 is 0 Å². The second kappa shape index (κ2) is 38.8. The Morgan fingerprint density at radius 1 is 0.192 bits per heavy atom. The van der Waals surface area contributed by atoms with Gasteiger partial charge in [0.2, 0.25) is 0 Å². The largest absolute Gasteiger partial charge is 0.456 e. The SMILES string of the molecule is CC(C)(C)c1ccc2c(c1)c1cc(-c3ccc4c(c3)c3ccccc3n4-c3ccccc3)ccc1n2-c1ccccc1.CC(C)(C)c1ccc2c(c1)c1cc(N(c3ccccc3)c3ccccc3)ccc1n2-c1ccccc1.CC(C)(C)c1ccc2oc3ccccc3c2c1.CC(C)(C)c1ccc2sc3ccccc3c2c1.CC(C)(C)c1cccc2c1oc1ccccc12.CC(C)(C)c1cccc2c1sc1ccccc12. The fourth-order valence-electron chi connectivity index (χ4n) is 20.7. The molecule has 6 nitrogen and oxygen atoms in total. The molecule has 0 atom stereocenters. The minimum absolute atomic E-state index is 0.0744. The van der Waals surface area contributed by atoms with Crippen LogP contribution in [0.5, 0.6) is 0 Å². The molecule has 0 N–H and O–H groups in total. The standard InChI is InChI=1S/C40H32N2.C34H30N2.2C16H16O.2C16H16S/c1-40(2,3)29-20-23-39-35(26-29)34-25-28(19-22-38(34)42(39)31-14-8-5-9-15-31)27-18-21-37-33(24-27)32-16-10-11-17-36(32)41(37)30-12-6-4-7-13-30;1-34(2,3)25-19-21-32-30(23-25)31-24-29(20-22-33(31)36(32)28-17-11-6-12-18-28)35(26-13-7-4-8-14-26)27-15-9-5-10-16-27;1-16(2,3)13-9-6-8-12-11-7-4-5-10-14(11)17-15(12)13;1-16(2,3)11-8-9-15-13(10-11)12-6-4-5-7-14(12)17-15;1-16(2,3)13-9-6-8-12-11-7-4-5-10-14(11)17-15(12)13;1-16(2,3)11-8-9-15-13(10-11)12-6-4-5-7-14(12)17-15/h4-26H,1-3H3;4-24H,1-3H3;4*4-10H,1-3H3. The Kier molecular flexibility index (Phi) is 25.7. The first-order valence-electron chi connectivity index (χ1n) is 51.2. The van der Waals surface area contributed by atoms with E-state index in [1.165, 1.54) is 189 Å². The molecule has 26 rings (SSSR count). The Balaban J connectivity index is 0.000000108. The smallest absolute Gasteiger partial charge is 0.139 e. The lowest BCUT2D eigenvalue weighted by Gasteiger charge is -2.25. The van der Waals surface area contributed by atoms with Gasteiger partial charge >= 0.3 is 0 Å². The number of hydrogen-bond acceptors (Lipinski definition) is 5. The molecule has 146 heavy (non-hydrogen) atoms. The lowest BCUT2D eigenvalue weighted by atomic mass is 9.86. The zero-order valence-corrected chi connectivity index (χ0v) is 88.6. The van der Waals surface area contributed by atoms with Crippen molar-refractivity contribution < 1.29 is 8.83 Å². The van der Waals surface area contributed by atoms with Crippen LogP contribution in [-0.4, -0.2) is 13.7 Å². The summed E-state index contributed by atoms with van der Waals surface area (Å²) in [5.41, 5.74) is 29.8. The highest BCUT2D eigenvalue weighted by Crippen LogP contribution is 2.47. The van der Waals surface area contributed by atoms with Crippen molar-refractivity contribution in [2.45, 2.75) is 157 Å². The molecule has 0 aliphatic heterocycles. The summed E-state index contributed by atoms with van der Waals surface area (Å²) in [6.07, 6.45) is 0. The van der Waals surface area contributed by atoms with Crippen LogP contribution in [0.25, 0.3) is 178 Å². The number of anilines is 3. The molecule has 8 heteroatoms. The molecule has 7 heterocycles. The Labute approximate surface area is 865 Å². The second-order valence-corrected chi connectivity index (χ2v) is 47.0. The average Bonchev–Trinajstić information content (AvgIpc) is 1.58. The average molecular weight is 1940 g/mol. The van der Waals surface area contributed by atoms with Crippen molar-refractivity contribution in [3.05, 3.63) is 470 Å². The highest BCUT2D eigenvalue weighted by atomic mass is 32.1. The number of thiophene rings is 2. The zero-order valence-electron chi connectivity index (χ0n) is 87.0. The van der Waals surface area contributed by atoms with Crippen molar-refractivity contribution in [3.8, 4) is 28.2 Å². The summed E-state index contributed by atoms with van der Waals surface area (Å²) in [4.78, 5) is 2.33. The molecule has 0 fully saturated rings. The van der Waals surface area contributed by atoms with Crippen LogP contribution >= 0.6 is 22.7 Å². The van der Waals surface area contributed by atoms with Gasteiger partial charge < -0.3 is 27.4 Å². The number of fused-ring (bicyclic) bond motifs is 21. The third-order valence-corrected chi connectivity index (χ3v) is 30.9. The van der Waals surface area contributed by atoms with Gasteiger partial charge in [-0.2, -0.15) is 0 Å². The predicted molar refractivity (Wildman–Crippen MR) is 634 cm³/mol. The van der Waals surface area contributed by atoms with Crippen molar-refractivity contribution in [2.75, 3.05) is 4.90 Å². The first-order valence-corrected chi connectivity index (χ1v) is 52.8. The van der Waals surface area contributed by atoms with Crippen molar-refractivity contribution in [1.29, 1.82) is 0 Å². The molecule has 0 amide bonds. The molecule has 26 aromatic rings. The number of para-hydroxylation sites is 9. The maximum absolute atomic E-state index is 6.01. The van der Waals surface area contributed by atoms with E-state index in [0.29, 0.717) is 0 Å². The zero-order chi connectivity index (χ0) is 101. The summed E-state index contributed by atoms with van der Waals surface area (Å²) >= 11 is 3.80. The van der Waals surface area contributed by atoms with Gasteiger partial charge in [0.05, 0.1) is 33.1 Å². The van der Waals surface area contributed by atoms with E-state index in [0.717, 1.165) is 39.4 Å². The van der Waals surface area contributed by atoms with Crippen molar-refractivity contribution in [2.24, 2.45) is 0 Å². The number of nitrogens with zero attached hydrogens (tertiary/aromatic N) is 4. The van der Waals surface area contributed by atoms with Crippen LogP contribution in [0.1, 0.15) is 158 Å². The molecular formula is C138H126N4O2S2. The number of furan rings is 2. The number of benzene rings is 19. The van der Waals surface area contributed by atoms with E-state index in [9.17, 15) is 0 Å². The monoisotopic (exact) mass is 1930 g/mol. The lowest BCUT2D eigenvalue weighted by Crippen LogP contribution is -2.10. The first kappa shape index (κ1) is 96.5. The summed E-state index contributed by atoms with van der Waals surface area (Å²) in [5.74, 6) is 0. The summed E-state index contributed by atoms with van der Waals surface area (Å²) in [5, 5.41) is 18.1. The molecule has 0 saturated carbocycles. The fraction of sp³-hybridized carbons (Fsp3) is 0.174. The maximum Gasteiger partial charge on any atom is 0.139 e. The Hall–Kier alpha value is -15.6. The Morgan fingerprint density at radius 3 is 1.00 bits per heavy atom. The van der Waals surface area contributed by atoms with Crippen molar-refractivity contribution >= 4 is 189 Å². The Morgan fingerprint density at radius 2 is 0.514 bits per heavy atom. The summed E-state index contributed by atoms with van der Waals surface area (Å²) in [7, 11) is 0. The van der Waals surface area contributed by atoms with Crippen LogP contribution in [-0.2, 0) is 32.5 Å². The van der Waals surface area contributed by atoms with Crippen LogP contribution < -0.4 is 4.90 Å². The molecule has 0 unspecified atom stereocenters. The molecule has 0 aliphatic carbocycles. The molecule has 0 saturated heterocycles. The van der Waals surface area contributed by atoms with E-state index in [2.05, 4.69) is 556 Å². The second-order valence-electron chi connectivity index (χ2n) is 44.8.